The van der Waals surface area contributed by atoms with E-state index in [2.05, 4.69) is 10.1 Å². The predicted octanol–water partition coefficient (Wildman–Crippen LogP) is 2.85. The number of aromatic nitrogens is 1. The van der Waals surface area contributed by atoms with Crippen molar-refractivity contribution in [3.05, 3.63) is 65.4 Å². The fourth-order valence-electron chi connectivity index (χ4n) is 3.65. The summed E-state index contributed by atoms with van der Waals surface area (Å²) in [7, 11) is 2.55. The van der Waals surface area contributed by atoms with Crippen LogP contribution in [-0.4, -0.2) is 47.6 Å². The average molecular weight is 451 g/mol. The van der Waals surface area contributed by atoms with Gasteiger partial charge in [0.15, 0.2) is 0 Å². The Balaban J connectivity index is 1.63. The first-order chi connectivity index (χ1) is 15.8. The van der Waals surface area contributed by atoms with Gasteiger partial charge in [0.25, 0.3) is 5.91 Å². The van der Waals surface area contributed by atoms with Crippen LogP contribution in [0.25, 0.3) is 17.0 Å². The van der Waals surface area contributed by atoms with Gasteiger partial charge >= 0.3 is 18.0 Å². The van der Waals surface area contributed by atoms with Crippen LogP contribution in [0, 0.1) is 0 Å². The van der Waals surface area contributed by atoms with E-state index in [1.54, 1.807) is 23.8 Å². The number of benzene rings is 1. The van der Waals surface area contributed by atoms with Crippen molar-refractivity contribution in [1.29, 1.82) is 0 Å². The first kappa shape index (κ1) is 21.9. The van der Waals surface area contributed by atoms with Gasteiger partial charge in [-0.3, -0.25) is 9.69 Å². The maximum atomic E-state index is 12.9. The highest BCUT2D eigenvalue weighted by Gasteiger charge is 2.34. The maximum Gasteiger partial charge on any atom is 0.373 e. The first-order valence-electron chi connectivity index (χ1n) is 10.0. The van der Waals surface area contributed by atoms with Gasteiger partial charge < -0.3 is 23.8 Å². The van der Waals surface area contributed by atoms with Gasteiger partial charge in [0.05, 0.1) is 20.8 Å². The van der Waals surface area contributed by atoms with E-state index in [0.29, 0.717) is 5.56 Å². The Morgan fingerprint density at radius 1 is 1.12 bits per heavy atom. The zero-order valence-corrected chi connectivity index (χ0v) is 18.2. The number of para-hydroxylation sites is 1. The minimum Gasteiger partial charge on any atom is -0.467 e. The second kappa shape index (κ2) is 8.65. The third-order valence-electron chi connectivity index (χ3n) is 5.36. The molecule has 1 aliphatic heterocycles. The Labute approximate surface area is 188 Å². The standard InChI is InChI=1S/C23H21N3O7/c1-13(21(28)31-2)25-11-14(16-6-4-5-7-18(16)25)10-17-20(27)26(23(30)24-17)12-15-8-9-19(33-15)22(29)32-3/h4-11,13H,12H2,1-3H3,(H,24,30)/b17-10-/t13-/m0/s1. The van der Waals surface area contributed by atoms with Crippen molar-refractivity contribution < 1.29 is 33.1 Å². The third kappa shape index (κ3) is 3.98. The van der Waals surface area contributed by atoms with Gasteiger partial charge in [-0.05, 0) is 31.2 Å². The Kier molecular flexibility index (Phi) is 5.74. The molecule has 3 amide bonds. The van der Waals surface area contributed by atoms with Crippen molar-refractivity contribution >= 4 is 40.9 Å². The molecule has 0 radical (unpaired) electrons. The summed E-state index contributed by atoms with van der Waals surface area (Å²) < 4.78 is 16.5. The lowest BCUT2D eigenvalue weighted by Gasteiger charge is -2.12. The lowest BCUT2D eigenvalue weighted by molar-refractivity contribution is -0.143. The van der Waals surface area contributed by atoms with Crippen LogP contribution in [-0.2, 0) is 25.6 Å². The molecule has 33 heavy (non-hydrogen) atoms. The molecule has 10 heteroatoms. The highest BCUT2D eigenvalue weighted by molar-refractivity contribution is 6.14. The number of esters is 2. The summed E-state index contributed by atoms with van der Waals surface area (Å²) in [5.41, 5.74) is 1.51. The number of urea groups is 1. The summed E-state index contributed by atoms with van der Waals surface area (Å²) in [5, 5.41) is 3.37. The number of methoxy groups -OCH3 is 2. The molecule has 1 atom stereocenters. The lowest BCUT2D eigenvalue weighted by Crippen LogP contribution is -2.30. The number of nitrogens with one attached hydrogen (secondary N) is 1. The molecule has 1 aliphatic rings. The molecule has 10 nitrogen and oxygen atoms in total. The van der Waals surface area contributed by atoms with Crippen molar-refractivity contribution in [3.63, 3.8) is 0 Å². The SMILES string of the molecule is COC(=O)c1ccc(CN2C(=O)N/C(=C\c3cn([C@@H](C)C(=O)OC)c4ccccc34)C2=O)o1. The van der Waals surface area contributed by atoms with Gasteiger partial charge in [-0.25, -0.2) is 14.4 Å². The van der Waals surface area contributed by atoms with E-state index in [0.717, 1.165) is 15.8 Å². The molecule has 4 rings (SSSR count). The molecular weight excluding hydrogens is 430 g/mol. The highest BCUT2D eigenvalue weighted by atomic mass is 16.5. The van der Waals surface area contributed by atoms with Crippen LogP contribution in [0.1, 0.15) is 34.8 Å². The Hall–Kier alpha value is -4.34. The summed E-state index contributed by atoms with van der Waals surface area (Å²) in [6.45, 7) is 1.56. The van der Waals surface area contributed by atoms with E-state index >= 15 is 0 Å². The van der Waals surface area contributed by atoms with E-state index in [4.69, 9.17) is 9.15 Å². The number of hydrogen-bond donors (Lipinski definition) is 1. The second-order valence-electron chi connectivity index (χ2n) is 7.34. The third-order valence-corrected chi connectivity index (χ3v) is 5.36. The number of amides is 3. The van der Waals surface area contributed by atoms with Gasteiger partial charge in [-0.2, -0.15) is 0 Å². The Morgan fingerprint density at radius 2 is 1.88 bits per heavy atom. The largest absolute Gasteiger partial charge is 0.467 e. The van der Waals surface area contributed by atoms with Gasteiger partial charge in [-0.1, -0.05) is 18.2 Å². The van der Waals surface area contributed by atoms with Crippen molar-refractivity contribution in [1.82, 2.24) is 14.8 Å². The zero-order chi connectivity index (χ0) is 23.7. The molecule has 170 valence electrons. The minimum atomic E-state index is -0.656. The van der Waals surface area contributed by atoms with Crippen LogP contribution in [0.4, 0.5) is 4.79 Å². The quantitative estimate of drug-likeness (QED) is 0.348. The van der Waals surface area contributed by atoms with Crippen molar-refractivity contribution in [3.8, 4) is 0 Å². The first-order valence-corrected chi connectivity index (χ1v) is 10.0. The number of hydrogen-bond acceptors (Lipinski definition) is 7. The molecule has 0 saturated carbocycles. The molecular formula is C23H21N3O7. The van der Waals surface area contributed by atoms with E-state index < -0.39 is 29.9 Å². The predicted molar refractivity (Wildman–Crippen MR) is 116 cm³/mol. The summed E-state index contributed by atoms with van der Waals surface area (Å²) in [5.74, 6) is -1.38. The normalized spacial score (nSPS) is 15.7. The zero-order valence-electron chi connectivity index (χ0n) is 18.2. The molecule has 0 aliphatic carbocycles. The van der Waals surface area contributed by atoms with Crippen molar-refractivity contribution in [2.24, 2.45) is 0 Å². The molecule has 1 aromatic carbocycles. The van der Waals surface area contributed by atoms with Crippen LogP contribution in [0.15, 0.2) is 52.7 Å². The summed E-state index contributed by atoms with van der Waals surface area (Å²) in [6.07, 6.45) is 3.29. The van der Waals surface area contributed by atoms with Crippen LogP contribution in [0.2, 0.25) is 0 Å². The molecule has 1 saturated heterocycles. The monoisotopic (exact) mass is 451 g/mol. The molecule has 0 bridgehead atoms. The van der Waals surface area contributed by atoms with Gasteiger partial charge in [0.2, 0.25) is 5.76 Å². The van der Waals surface area contributed by atoms with Crippen LogP contribution < -0.4 is 5.32 Å². The topological polar surface area (TPSA) is 120 Å². The number of furan rings is 1. The van der Waals surface area contributed by atoms with Gasteiger partial charge in [-0.15, -0.1) is 0 Å². The highest BCUT2D eigenvalue weighted by Crippen LogP contribution is 2.28. The lowest BCUT2D eigenvalue weighted by atomic mass is 10.1. The van der Waals surface area contributed by atoms with Gasteiger partial charge in [0.1, 0.15) is 17.5 Å². The molecule has 1 fully saturated rings. The number of fused-ring (bicyclic) bond motifs is 1. The fraction of sp³-hybridized carbons (Fsp3) is 0.217. The maximum absolute atomic E-state index is 12.9. The summed E-state index contributed by atoms with van der Waals surface area (Å²) in [4.78, 5) is 50.0. The Bertz CT molecular complexity index is 1300. The van der Waals surface area contributed by atoms with Crippen molar-refractivity contribution in [2.45, 2.75) is 19.5 Å². The van der Waals surface area contributed by atoms with Crippen LogP contribution in [0.5, 0.6) is 0 Å². The average Bonchev–Trinajstić information content (AvgIpc) is 3.51. The number of imide groups is 1. The van der Waals surface area contributed by atoms with Gasteiger partial charge in [0, 0.05) is 22.7 Å². The summed E-state index contributed by atoms with van der Waals surface area (Å²) in [6, 6.07) is 9.11. The number of rotatable bonds is 6. The number of nitrogens with zero attached hydrogens (tertiary/aromatic N) is 2. The number of carbonyl (C=O) groups excluding carboxylic acids is 4. The minimum absolute atomic E-state index is 0.0251. The molecule has 1 N–H and O–H groups in total. The molecule has 3 heterocycles. The number of carbonyl (C=O) groups is 4. The second-order valence-corrected chi connectivity index (χ2v) is 7.34. The molecule has 3 aromatic rings. The van der Waals surface area contributed by atoms with E-state index in [1.807, 2.05) is 24.3 Å². The molecule has 0 unspecified atom stereocenters. The smallest absolute Gasteiger partial charge is 0.373 e. The summed E-state index contributed by atoms with van der Waals surface area (Å²) >= 11 is 0. The van der Waals surface area contributed by atoms with Crippen LogP contribution in [0.3, 0.4) is 0 Å². The molecule has 0 spiro atoms. The van der Waals surface area contributed by atoms with Crippen molar-refractivity contribution in [2.75, 3.05) is 14.2 Å². The number of ether oxygens (including phenoxy) is 2. The van der Waals surface area contributed by atoms with E-state index in [1.165, 1.54) is 26.4 Å². The van der Waals surface area contributed by atoms with E-state index in [-0.39, 0.29) is 23.8 Å². The molecule has 2 aromatic heterocycles. The fourth-order valence-corrected chi connectivity index (χ4v) is 3.65. The van der Waals surface area contributed by atoms with Crippen LogP contribution >= 0.6 is 0 Å². The van der Waals surface area contributed by atoms with E-state index in [9.17, 15) is 19.2 Å². The Morgan fingerprint density at radius 3 is 2.61 bits per heavy atom.